The van der Waals surface area contributed by atoms with Crippen LogP contribution in [0.5, 0.6) is 11.5 Å². The summed E-state index contributed by atoms with van der Waals surface area (Å²) in [5, 5.41) is 21.5. The Hall–Kier alpha value is -4.20. The van der Waals surface area contributed by atoms with Crippen molar-refractivity contribution in [2.75, 3.05) is 0 Å². The Kier molecular flexibility index (Phi) is 12.0. The van der Waals surface area contributed by atoms with E-state index >= 15 is 0 Å². The van der Waals surface area contributed by atoms with Crippen LogP contribution < -0.4 is 0 Å². The van der Waals surface area contributed by atoms with Crippen molar-refractivity contribution >= 4 is 11.6 Å². The lowest BCUT2D eigenvalue weighted by atomic mass is 9.78. The molecule has 0 aliphatic rings. The lowest BCUT2D eigenvalue weighted by molar-refractivity contribution is 0.0968. The molecule has 0 saturated heterocycles. The molecule has 8 heteroatoms. The van der Waals surface area contributed by atoms with Crippen molar-refractivity contribution in [1.82, 2.24) is 9.97 Å². The number of aromatic amines is 2. The summed E-state index contributed by atoms with van der Waals surface area (Å²) >= 11 is 0. The zero-order chi connectivity index (χ0) is 38.0. The molecule has 0 aliphatic carbocycles. The van der Waals surface area contributed by atoms with E-state index in [0.717, 1.165) is 33.4 Å². The molecule has 0 radical (unpaired) electrons. The van der Waals surface area contributed by atoms with Crippen LogP contribution in [0.4, 0.5) is 8.78 Å². The lowest BCUT2D eigenvalue weighted by Gasteiger charge is -2.28. The highest BCUT2D eigenvalue weighted by atomic mass is 19.1. The molecule has 4 N–H and O–H groups in total. The molecule has 0 spiro atoms. The van der Waals surface area contributed by atoms with Crippen molar-refractivity contribution in [2.45, 2.75) is 130 Å². The number of hydrogen-bond acceptors (Lipinski definition) is 4. The highest BCUT2D eigenvalue weighted by Crippen LogP contribution is 2.41. The van der Waals surface area contributed by atoms with Gasteiger partial charge in [-0.3, -0.25) is 9.59 Å². The fourth-order valence-electron chi connectivity index (χ4n) is 5.83. The summed E-state index contributed by atoms with van der Waals surface area (Å²) < 4.78 is 26.6. The summed E-state index contributed by atoms with van der Waals surface area (Å²) in [4.78, 5) is 29.7. The summed E-state index contributed by atoms with van der Waals surface area (Å²) in [5.74, 6) is -0.650. The number of aromatic nitrogens is 2. The van der Waals surface area contributed by atoms with Gasteiger partial charge in [0.1, 0.15) is 23.0 Å². The minimum Gasteiger partial charge on any atom is -0.507 e. The maximum absolute atomic E-state index is 13.5. The molecule has 2 aromatic carbocycles. The van der Waals surface area contributed by atoms with E-state index in [1.54, 1.807) is 0 Å². The number of phenolic OH excluding ortho intramolecular Hbond substituents is 2. The van der Waals surface area contributed by atoms with E-state index in [9.17, 15) is 28.6 Å². The van der Waals surface area contributed by atoms with Gasteiger partial charge >= 0.3 is 0 Å². The van der Waals surface area contributed by atoms with E-state index in [2.05, 4.69) is 93.1 Å². The fraction of sp³-hybridized carbons (Fsp3) is 0.476. The Bertz CT molecular complexity index is 1750. The standard InChI is InChI=1S/2C21H28FNO2/c1-20(2,3)15-9-13(10-16(19(15)25)21(4,5)6)7-8-18(24)17-11-14(22)12-23-17;1-20(2,3)14-11-13(12-15(19(14)25)21(4,5)6)7-8-17(24)18-16(22)9-10-23-18/h2*9-12,23,25H,7-8H2,1-6H3. The maximum Gasteiger partial charge on any atom is 0.182 e. The van der Waals surface area contributed by atoms with Gasteiger partial charge < -0.3 is 20.2 Å². The zero-order valence-corrected chi connectivity index (χ0v) is 31.9. The summed E-state index contributed by atoms with van der Waals surface area (Å²) in [6.45, 7) is 24.7. The summed E-state index contributed by atoms with van der Waals surface area (Å²) in [6, 6.07) is 10.4. The number of rotatable bonds is 8. The molecule has 272 valence electrons. The van der Waals surface area contributed by atoms with Crippen LogP contribution in [0.1, 0.15) is 150 Å². The van der Waals surface area contributed by atoms with Crippen LogP contribution in [-0.2, 0) is 34.5 Å². The van der Waals surface area contributed by atoms with Gasteiger partial charge in [0, 0.05) is 31.3 Å². The van der Waals surface area contributed by atoms with Crippen LogP contribution in [0.15, 0.2) is 48.8 Å². The molecule has 6 nitrogen and oxygen atoms in total. The molecule has 0 bridgehead atoms. The number of hydrogen-bond donors (Lipinski definition) is 4. The Labute approximate surface area is 296 Å². The predicted molar refractivity (Wildman–Crippen MR) is 198 cm³/mol. The van der Waals surface area contributed by atoms with Crippen LogP contribution in [-0.4, -0.2) is 31.7 Å². The van der Waals surface area contributed by atoms with Gasteiger partial charge in [0.25, 0.3) is 0 Å². The number of benzene rings is 2. The third kappa shape index (κ3) is 10.2. The van der Waals surface area contributed by atoms with Gasteiger partial charge in [-0.25, -0.2) is 8.78 Å². The number of halogens is 2. The number of phenols is 2. The van der Waals surface area contributed by atoms with Crippen molar-refractivity contribution in [3.8, 4) is 11.5 Å². The second-order valence-electron chi connectivity index (χ2n) is 17.4. The van der Waals surface area contributed by atoms with Crippen molar-refractivity contribution in [3.05, 3.63) is 105 Å². The molecular formula is C42H56F2N2O4. The van der Waals surface area contributed by atoms with Crippen LogP contribution in [0.3, 0.4) is 0 Å². The molecule has 2 aromatic heterocycles. The molecule has 0 fully saturated rings. The van der Waals surface area contributed by atoms with Gasteiger partial charge in [0.15, 0.2) is 17.4 Å². The fourth-order valence-corrected chi connectivity index (χ4v) is 5.83. The van der Waals surface area contributed by atoms with Gasteiger partial charge in [0.05, 0.1) is 5.69 Å². The Morgan fingerprint density at radius 1 is 0.600 bits per heavy atom. The number of carbonyl (C=O) groups is 2. The third-order valence-corrected chi connectivity index (χ3v) is 8.78. The monoisotopic (exact) mass is 690 g/mol. The average molecular weight is 691 g/mol. The van der Waals surface area contributed by atoms with Crippen molar-refractivity contribution in [1.29, 1.82) is 0 Å². The number of ketones is 2. The number of carbonyl (C=O) groups excluding carboxylic acids is 2. The molecule has 0 atom stereocenters. The molecule has 0 unspecified atom stereocenters. The van der Waals surface area contributed by atoms with Crippen LogP contribution in [0.25, 0.3) is 0 Å². The number of aryl methyl sites for hydroxylation is 2. The molecule has 2 heterocycles. The quantitative estimate of drug-likeness (QED) is 0.138. The predicted octanol–water partition coefficient (Wildman–Crippen LogP) is 10.5. The number of nitrogens with one attached hydrogen (secondary N) is 2. The lowest BCUT2D eigenvalue weighted by Crippen LogP contribution is -2.18. The SMILES string of the molecule is CC(C)(C)c1cc(CCC(=O)c2[nH]ccc2F)cc(C(C)(C)C)c1O.CC(C)(C)c1cc(CCC(=O)c2cc(F)c[nH]2)cc(C(C)(C)C)c1O. The van der Waals surface area contributed by atoms with Crippen LogP contribution >= 0.6 is 0 Å². The second-order valence-corrected chi connectivity index (χ2v) is 17.4. The van der Waals surface area contributed by atoms with Gasteiger partial charge in [-0.2, -0.15) is 0 Å². The first kappa shape index (κ1) is 40.2. The van der Waals surface area contributed by atoms with Gasteiger partial charge in [0.2, 0.25) is 0 Å². The van der Waals surface area contributed by atoms with Crippen molar-refractivity contribution in [3.63, 3.8) is 0 Å². The largest absolute Gasteiger partial charge is 0.507 e. The number of aromatic hydroxyl groups is 2. The highest BCUT2D eigenvalue weighted by Gasteiger charge is 2.28. The summed E-state index contributed by atoms with van der Waals surface area (Å²) in [5.41, 5.74) is 4.99. The smallest absolute Gasteiger partial charge is 0.182 e. The first-order valence-corrected chi connectivity index (χ1v) is 17.3. The molecule has 0 amide bonds. The van der Waals surface area contributed by atoms with E-state index in [4.69, 9.17) is 0 Å². The van der Waals surface area contributed by atoms with Gasteiger partial charge in [-0.05, 0) is 73.9 Å². The highest BCUT2D eigenvalue weighted by molar-refractivity contribution is 5.95. The molecular weight excluding hydrogens is 634 g/mol. The Morgan fingerprint density at radius 3 is 1.28 bits per heavy atom. The molecule has 4 aromatic rings. The summed E-state index contributed by atoms with van der Waals surface area (Å²) in [6.07, 6.45) is 4.17. The van der Waals surface area contributed by atoms with Crippen LogP contribution in [0, 0.1) is 11.6 Å². The molecule has 0 aliphatic heterocycles. The van der Waals surface area contributed by atoms with E-state index in [-0.39, 0.29) is 51.8 Å². The van der Waals surface area contributed by atoms with Crippen LogP contribution in [0.2, 0.25) is 0 Å². The normalized spacial score (nSPS) is 12.4. The zero-order valence-electron chi connectivity index (χ0n) is 31.9. The van der Waals surface area contributed by atoms with Crippen molar-refractivity contribution in [2.24, 2.45) is 0 Å². The van der Waals surface area contributed by atoms with Gasteiger partial charge in [-0.15, -0.1) is 0 Å². The molecule has 4 rings (SSSR count). The first-order valence-electron chi connectivity index (χ1n) is 17.3. The minimum atomic E-state index is -0.513. The number of Topliss-reactive ketones (excluding diaryl/α,β-unsaturated/α-hetero) is 2. The molecule has 50 heavy (non-hydrogen) atoms. The van der Waals surface area contributed by atoms with E-state index in [1.807, 2.05) is 24.3 Å². The van der Waals surface area contributed by atoms with E-state index in [0.29, 0.717) is 30.0 Å². The second kappa shape index (κ2) is 15.0. The Balaban J connectivity index is 0.000000270. The van der Waals surface area contributed by atoms with Gasteiger partial charge in [-0.1, -0.05) is 107 Å². The first-order chi connectivity index (χ1) is 22.8. The summed E-state index contributed by atoms with van der Waals surface area (Å²) in [7, 11) is 0. The maximum atomic E-state index is 13.5. The molecule has 0 saturated carbocycles. The van der Waals surface area contributed by atoms with E-state index in [1.165, 1.54) is 24.5 Å². The van der Waals surface area contributed by atoms with Crippen molar-refractivity contribution < 1.29 is 28.6 Å². The minimum absolute atomic E-state index is 0.0332. The average Bonchev–Trinajstić information content (AvgIpc) is 3.61. The number of H-pyrrole nitrogens is 2. The topological polar surface area (TPSA) is 106 Å². The van der Waals surface area contributed by atoms with E-state index < -0.39 is 11.6 Å². The Morgan fingerprint density at radius 2 is 0.980 bits per heavy atom. The third-order valence-electron chi connectivity index (χ3n) is 8.78.